The van der Waals surface area contributed by atoms with Crippen molar-refractivity contribution in [2.75, 3.05) is 0 Å². The summed E-state index contributed by atoms with van der Waals surface area (Å²) in [6, 6.07) is 41.5. The third kappa shape index (κ3) is 6.02. The molecule has 0 heterocycles. The molecule has 0 radical (unpaired) electrons. The number of hydrogen-bond acceptors (Lipinski definition) is 1. The molecule has 0 spiro atoms. The van der Waals surface area contributed by atoms with Crippen molar-refractivity contribution in [3.63, 3.8) is 0 Å². The zero-order valence-corrected chi connectivity index (χ0v) is 27.1. The average molecular weight is 596 g/mol. The van der Waals surface area contributed by atoms with E-state index in [1.54, 1.807) is 0 Å². The summed E-state index contributed by atoms with van der Waals surface area (Å²) in [5.74, 6) is 0. The topological polar surface area (TPSA) is 12.4 Å². The van der Waals surface area contributed by atoms with E-state index in [1.807, 2.05) is 12.1 Å². The first-order valence-electron chi connectivity index (χ1n) is 16.4. The number of hydrogen-bond donors (Lipinski definition) is 0. The van der Waals surface area contributed by atoms with Crippen LogP contribution in [0.1, 0.15) is 56.7 Å². The Bertz CT molecular complexity index is 2100. The van der Waals surface area contributed by atoms with Gasteiger partial charge >= 0.3 is 0 Å². The molecule has 0 atom stereocenters. The van der Waals surface area contributed by atoms with Crippen molar-refractivity contribution < 1.29 is 0 Å². The normalized spacial score (nSPS) is 12.9. The lowest BCUT2D eigenvalue weighted by Gasteiger charge is -2.20. The second kappa shape index (κ2) is 14.2. The average Bonchev–Trinajstić information content (AvgIpc) is 3.10. The van der Waals surface area contributed by atoms with Crippen LogP contribution in [0.2, 0.25) is 0 Å². The Morgan fingerprint density at radius 2 is 1.28 bits per heavy atom. The summed E-state index contributed by atoms with van der Waals surface area (Å²) in [4.78, 5) is 5.20. The van der Waals surface area contributed by atoms with E-state index >= 15 is 0 Å². The molecule has 0 amide bonds. The minimum atomic E-state index is 0.904. The van der Waals surface area contributed by atoms with Crippen molar-refractivity contribution in [2.45, 2.75) is 40.0 Å². The minimum absolute atomic E-state index is 0.904. The molecule has 0 unspecified atom stereocenters. The fourth-order valence-corrected chi connectivity index (χ4v) is 6.54. The molecule has 6 rings (SSSR count). The van der Waals surface area contributed by atoms with Gasteiger partial charge in [-0.05, 0) is 79.9 Å². The molecular formula is C45H41N. The Labute approximate surface area is 273 Å². The molecule has 1 nitrogen and oxygen atoms in total. The lowest BCUT2D eigenvalue weighted by atomic mass is 9.84. The van der Waals surface area contributed by atoms with E-state index < -0.39 is 0 Å². The molecule has 226 valence electrons. The molecule has 6 aromatic rings. The SMILES string of the molecule is C=C/C=C(\C=C/CCC)c1c2ccccc2c(-c2cccc3c(C(=C/CC)/N=C(\C)c4ccccc4)cccc23)c2ccccc12. The van der Waals surface area contributed by atoms with Gasteiger partial charge in [-0.15, -0.1) is 0 Å². The van der Waals surface area contributed by atoms with Gasteiger partial charge in [0, 0.05) is 11.3 Å². The second-order valence-corrected chi connectivity index (χ2v) is 11.7. The van der Waals surface area contributed by atoms with Crippen LogP contribution in [0, 0.1) is 0 Å². The highest BCUT2D eigenvalue weighted by atomic mass is 14.8. The summed E-state index contributed by atoms with van der Waals surface area (Å²) in [5.41, 5.74) is 9.24. The van der Waals surface area contributed by atoms with Crippen LogP contribution >= 0.6 is 0 Å². The van der Waals surface area contributed by atoms with Gasteiger partial charge in [0.25, 0.3) is 0 Å². The summed E-state index contributed by atoms with van der Waals surface area (Å²) in [5, 5.41) is 7.41. The highest BCUT2D eigenvalue weighted by Crippen LogP contribution is 2.44. The maximum atomic E-state index is 5.20. The van der Waals surface area contributed by atoms with Crippen LogP contribution in [0.15, 0.2) is 157 Å². The van der Waals surface area contributed by atoms with Crippen LogP contribution in [0.3, 0.4) is 0 Å². The lowest BCUT2D eigenvalue weighted by molar-refractivity contribution is 0.959. The fraction of sp³-hybridized carbons (Fsp3) is 0.133. The van der Waals surface area contributed by atoms with E-state index in [1.165, 1.54) is 54.6 Å². The van der Waals surface area contributed by atoms with Crippen LogP contribution < -0.4 is 0 Å². The maximum Gasteiger partial charge on any atom is 0.0671 e. The zero-order chi connectivity index (χ0) is 31.9. The van der Waals surface area contributed by atoms with Crippen molar-refractivity contribution in [1.29, 1.82) is 0 Å². The molecule has 0 aliphatic carbocycles. The molecule has 0 aliphatic heterocycles. The Morgan fingerprint density at radius 3 is 1.93 bits per heavy atom. The van der Waals surface area contributed by atoms with Crippen LogP contribution in [0.25, 0.3) is 54.7 Å². The van der Waals surface area contributed by atoms with E-state index in [0.717, 1.165) is 41.8 Å². The largest absolute Gasteiger partial charge is 0.253 e. The number of aliphatic imine (C=N–C) groups is 1. The Hall–Kier alpha value is -5.27. The van der Waals surface area contributed by atoms with Crippen molar-refractivity contribution in [3.8, 4) is 11.1 Å². The third-order valence-corrected chi connectivity index (χ3v) is 8.61. The van der Waals surface area contributed by atoms with Crippen molar-refractivity contribution in [3.05, 3.63) is 169 Å². The number of fused-ring (bicyclic) bond motifs is 3. The first-order valence-corrected chi connectivity index (χ1v) is 16.4. The Balaban J connectivity index is 1.63. The van der Waals surface area contributed by atoms with E-state index in [4.69, 9.17) is 4.99 Å². The molecule has 0 bridgehead atoms. The number of allylic oxidation sites excluding steroid dienone is 6. The predicted octanol–water partition coefficient (Wildman–Crippen LogP) is 13.0. The maximum absolute atomic E-state index is 5.20. The predicted molar refractivity (Wildman–Crippen MR) is 204 cm³/mol. The van der Waals surface area contributed by atoms with E-state index in [0.29, 0.717) is 0 Å². The summed E-state index contributed by atoms with van der Waals surface area (Å²) in [6.45, 7) is 10.6. The third-order valence-electron chi connectivity index (χ3n) is 8.61. The Kier molecular flexibility index (Phi) is 9.51. The molecule has 0 saturated heterocycles. The molecule has 0 fully saturated rings. The van der Waals surface area contributed by atoms with E-state index in [2.05, 4.69) is 161 Å². The van der Waals surface area contributed by atoms with Gasteiger partial charge in [-0.25, -0.2) is 0 Å². The van der Waals surface area contributed by atoms with Gasteiger partial charge in [-0.2, -0.15) is 0 Å². The van der Waals surface area contributed by atoms with Crippen molar-refractivity contribution in [2.24, 2.45) is 4.99 Å². The monoisotopic (exact) mass is 595 g/mol. The van der Waals surface area contributed by atoms with Gasteiger partial charge in [0.05, 0.1) is 5.70 Å². The van der Waals surface area contributed by atoms with Gasteiger partial charge in [-0.1, -0.05) is 172 Å². The molecule has 0 N–H and O–H groups in total. The van der Waals surface area contributed by atoms with Crippen LogP contribution in [0.5, 0.6) is 0 Å². The molecule has 1 heteroatoms. The number of rotatable bonds is 10. The second-order valence-electron chi connectivity index (χ2n) is 11.7. The molecule has 0 aromatic heterocycles. The van der Waals surface area contributed by atoms with Gasteiger partial charge < -0.3 is 0 Å². The highest BCUT2D eigenvalue weighted by Gasteiger charge is 2.19. The molecule has 0 aliphatic rings. The quantitative estimate of drug-likeness (QED) is 0.0848. The van der Waals surface area contributed by atoms with Crippen molar-refractivity contribution >= 4 is 49.3 Å². The number of benzene rings is 6. The molecular weight excluding hydrogens is 555 g/mol. The zero-order valence-electron chi connectivity index (χ0n) is 27.1. The molecule has 0 saturated carbocycles. The first kappa shape index (κ1) is 30.7. The van der Waals surface area contributed by atoms with Crippen LogP contribution in [-0.4, -0.2) is 5.71 Å². The van der Waals surface area contributed by atoms with Crippen LogP contribution in [0.4, 0.5) is 0 Å². The van der Waals surface area contributed by atoms with E-state index in [9.17, 15) is 0 Å². The summed E-state index contributed by atoms with van der Waals surface area (Å²) >= 11 is 0. The summed E-state index contributed by atoms with van der Waals surface area (Å²) in [6.07, 6.45) is 13.9. The van der Waals surface area contributed by atoms with Crippen molar-refractivity contribution in [1.82, 2.24) is 0 Å². The first-order chi connectivity index (χ1) is 22.7. The van der Waals surface area contributed by atoms with Crippen LogP contribution in [-0.2, 0) is 0 Å². The standard InChI is InChI=1S/C45H41N/c1-5-8-10-23-34(19-6-2)44-39-24-13-15-26-41(39)45(42-27-16-14-25-40(42)44)38-31-18-28-35-36(38)29-17-30-37(35)43(20-7-3)46-32(4)33-21-11-9-12-22-33/h6,9-31H,2,5,7-8H2,1,3-4H3/b23-10-,34-19+,43-20-,46-32+. The van der Waals surface area contributed by atoms with Gasteiger partial charge in [-0.3, -0.25) is 4.99 Å². The van der Waals surface area contributed by atoms with Gasteiger partial charge in [0.15, 0.2) is 0 Å². The van der Waals surface area contributed by atoms with Gasteiger partial charge in [0.1, 0.15) is 0 Å². The highest BCUT2D eigenvalue weighted by molar-refractivity contribution is 6.22. The summed E-state index contributed by atoms with van der Waals surface area (Å²) in [7, 11) is 0. The smallest absolute Gasteiger partial charge is 0.0671 e. The fourth-order valence-electron chi connectivity index (χ4n) is 6.54. The molecule has 46 heavy (non-hydrogen) atoms. The Morgan fingerprint density at radius 1 is 0.674 bits per heavy atom. The summed E-state index contributed by atoms with van der Waals surface area (Å²) < 4.78 is 0. The van der Waals surface area contributed by atoms with E-state index in [-0.39, 0.29) is 0 Å². The van der Waals surface area contributed by atoms with Gasteiger partial charge in [0.2, 0.25) is 0 Å². The molecule has 6 aromatic carbocycles. The number of unbranched alkanes of at least 4 members (excludes halogenated alkanes) is 1. The number of nitrogens with zero attached hydrogens (tertiary/aromatic N) is 1. The lowest BCUT2D eigenvalue weighted by Crippen LogP contribution is -1.96. The minimum Gasteiger partial charge on any atom is -0.253 e.